The summed E-state index contributed by atoms with van der Waals surface area (Å²) in [4.78, 5) is 25.8. The zero-order valence-corrected chi connectivity index (χ0v) is 18.4. The van der Waals surface area contributed by atoms with E-state index in [-0.39, 0.29) is 12.3 Å². The molecule has 3 aromatic carbocycles. The Morgan fingerprint density at radius 3 is 2.42 bits per heavy atom. The maximum Gasteiger partial charge on any atom is 0.269 e. The molecule has 33 heavy (non-hydrogen) atoms. The summed E-state index contributed by atoms with van der Waals surface area (Å²) in [5.74, 6) is -0.132. The average Bonchev–Trinajstić information content (AvgIpc) is 3.31. The monoisotopic (exact) mass is 460 g/mol. The smallest absolute Gasteiger partial charge is 0.269 e. The standard InChI is InChI=1S/C24H21ClN6O2/c25-21-8-4-5-17(15-21)11-14-22(32)26-28-24(33)20-12-9-18(10-13-20)16-31-29-23(27-30-31)19-6-2-1-3-7-19/h1-10,12-13,15H,11,14,16H2,(H,26,32)(H,28,33). The van der Waals surface area contributed by atoms with E-state index in [4.69, 9.17) is 11.6 Å². The van der Waals surface area contributed by atoms with E-state index in [9.17, 15) is 9.59 Å². The number of amides is 2. The van der Waals surface area contributed by atoms with Crippen molar-refractivity contribution in [3.63, 3.8) is 0 Å². The van der Waals surface area contributed by atoms with Crippen molar-refractivity contribution < 1.29 is 9.59 Å². The lowest BCUT2D eigenvalue weighted by atomic mass is 10.1. The fourth-order valence-corrected chi connectivity index (χ4v) is 3.36. The molecule has 8 nitrogen and oxygen atoms in total. The van der Waals surface area contributed by atoms with Gasteiger partial charge in [-0.2, -0.15) is 4.80 Å². The van der Waals surface area contributed by atoms with Gasteiger partial charge in [0.25, 0.3) is 5.91 Å². The molecule has 0 atom stereocenters. The third-order valence-electron chi connectivity index (χ3n) is 4.87. The maximum absolute atomic E-state index is 12.3. The van der Waals surface area contributed by atoms with E-state index in [1.807, 2.05) is 48.5 Å². The molecule has 1 aromatic heterocycles. The Kier molecular flexibility index (Phi) is 7.06. The van der Waals surface area contributed by atoms with Crippen molar-refractivity contribution in [2.24, 2.45) is 0 Å². The van der Waals surface area contributed by atoms with E-state index in [0.717, 1.165) is 16.7 Å². The Hall–Kier alpha value is -4.04. The SMILES string of the molecule is O=C(CCc1cccc(Cl)c1)NNC(=O)c1ccc(Cn2nnc(-c3ccccc3)n2)cc1. The van der Waals surface area contributed by atoms with Crippen LogP contribution >= 0.6 is 11.6 Å². The summed E-state index contributed by atoms with van der Waals surface area (Å²) >= 11 is 5.94. The minimum Gasteiger partial charge on any atom is -0.273 e. The predicted molar refractivity (Wildman–Crippen MR) is 124 cm³/mol. The van der Waals surface area contributed by atoms with Crippen LogP contribution < -0.4 is 10.9 Å². The van der Waals surface area contributed by atoms with Gasteiger partial charge >= 0.3 is 0 Å². The number of aryl methyl sites for hydroxylation is 1. The average molecular weight is 461 g/mol. The molecule has 0 aliphatic carbocycles. The summed E-state index contributed by atoms with van der Waals surface area (Å²) in [6, 6.07) is 23.9. The first kappa shape index (κ1) is 22.2. The highest BCUT2D eigenvalue weighted by molar-refractivity contribution is 6.30. The number of aromatic nitrogens is 4. The number of nitrogens with zero attached hydrogens (tertiary/aromatic N) is 4. The first-order valence-corrected chi connectivity index (χ1v) is 10.7. The highest BCUT2D eigenvalue weighted by Crippen LogP contribution is 2.13. The molecule has 0 bridgehead atoms. The van der Waals surface area contributed by atoms with Gasteiger partial charge in [0.15, 0.2) is 0 Å². The highest BCUT2D eigenvalue weighted by Gasteiger charge is 2.09. The molecule has 4 aromatic rings. The lowest BCUT2D eigenvalue weighted by molar-refractivity contribution is -0.121. The fourth-order valence-electron chi connectivity index (χ4n) is 3.15. The van der Waals surface area contributed by atoms with E-state index in [0.29, 0.717) is 29.4 Å². The van der Waals surface area contributed by atoms with Gasteiger partial charge in [-0.15, -0.1) is 10.2 Å². The van der Waals surface area contributed by atoms with Gasteiger partial charge in [0.1, 0.15) is 0 Å². The third kappa shape index (κ3) is 6.24. The van der Waals surface area contributed by atoms with Crippen LogP contribution in [-0.4, -0.2) is 32.0 Å². The minimum atomic E-state index is -0.400. The van der Waals surface area contributed by atoms with Crippen molar-refractivity contribution in [2.45, 2.75) is 19.4 Å². The van der Waals surface area contributed by atoms with Gasteiger partial charge in [0.05, 0.1) is 6.54 Å². The Morgan fingerprint density at radius 2 is 1.67 bits per heavy atom. The van der Waals surface area contributed by atoms with Gasteiger partial charge in [-0.05, 0) is 47.0 Å². The molecular weight excluding hydrogens is 440 g/mol. The van der Waals surface area contributed by atoms with E-state index >= 15 is 0 Å². The number of tetrazole rings is 1. The van der Waals surface area contributed by atoms with Crippen LogP contribution in [0.5, 0.6) is 0 Å². The number of hydrogen-bond acceptors (Lipinski definition) is 5. The van der Waals surface area contributed by atoms with Crippen LogP contribution in [0.25, 0.3) is 11.4 Å². The molecule has 0 saturated heterocycles. The lowest BCUT2D eigenvalue weighted by Gasteiger charge is -2.08. The quantitative estimate of drug-likeness (QED) is 0.411. The predicted octanol–water partition coefficient (Wildman–Crippen LogP) is 3.44. The molecule has 0 saturated carbocycles. The van der Waals surface area contributed by atoms with E-state index < -0.39 is 5.91 Å². The molecule has 1 heterocycles. The Bertz CT molecular complexity index is 1240. The number of rotatable bonds is 7. The second-order valence-electron chi connectivity index (χ2n) is 7.34. The Morgan fingerprint density at radius 1 is 0.879 bits per heavy atom. The molecule has 0 radical (unpaired) electrons. The topological polar surface area (TPSA) is 102 Å². The number of hydrazine groups is 1. The van der Waals surface area contributed by atoms with Crippen LogP contribution in [0.4, 0.5) is 0 Å². The summed E-state index contributed by atoms with van der Waals surface area (Å²) in [7, 11) is 0. The highest BCUT2D eigenvalue weighted by atomic mass is 35.5. The Balaban J connectivity index is 1.26. The molecule has 4 rings (SSSR count). The number of nitrogens with one attached hydrogen (secondary N) is 2. The van der Waals surface area contributed by atoms with E-state index in [1.165, 1.54) is 4.80 Å². The van der Waals surface area contributed by atoms with Crippen molar-refractivity contribution in [2.75, 3.05) is 0 Å². The zero-order valence-electron chi connectivity index (χ0n) is 17.6. The number of carbonyl (C=O) groups excluding carboxylic acids is 2. The summed E-state index contributed by atoms with van der Waals surface area (Å²) < 4.78 is 0. The van der Waals surface area contributed by atoms with Crippen LogP contribution in [0, 0.1) is 0 Å². The summed E-state index contributed by atoms with van der Waals surface area (Å²) in [6.07, 6.45) is 0.759. The molecule has 0 unspecified atom stereocenters. The summed E-state index contributed by atoms with van der Waals surface area (Å²) in [6.45, 7) is 0.419. The van der Waals surface area contributed by atoms with Gasteiger partial charge in [-0.25, -0.2) is 0 Å². The maximum atomic E-state index is 12.3. The van der Waals surface area contributed by atoms with Gasteiger partial charge in [-0.1, -0.05) is 66.2 Å². The summed E-state index contributed by atoms with van der Waals surface area (Å²) in [5, 5.41) is 13.2. The van der Waals surface area contributed by atoms with Gasteiger partial charge in [-0.3, -0.25) is 20.4 Å². The van der Waals surface area contributed by atoms with E-state index in [1.54, 1.807) is 30.3 Å². The lowest BCUT2D eigenvalue weighted by Crippen LogP contribution is -2.41. The Labute approximate surface area is 195 Å². The number of carbonyl (C=O) groups is 2. The minimum absolute atomic E-state index is 0.232. The first-order chi connectivity index (χ1) is 16.1. The molecule has 0 fully saturated rings. The normalized spacial score (nSPS) is 10.6. The molecule has 0 spiro atoms. The molecule has 0 aliphatic heterocycles. The second kappa shape index (κ2) is 10.5. The second-order valence-corrected chi connectivity index (χ2v) is 7.78. The van der Waals surface area contributed by atoms with Crippen molar-refractivity contribution in [3.8, 4) is 11.4 Å². The van der Waals surface area contributed by atoms with Gasteiger partial charge in [0, 0.05) is 22.6 Å². The molecular formula is C24H21ClN6O2. The van der Waals surface area contributed by atoms with Crippen LogP contribution in [-0.2, 0) is 17.8 Å². The number of halogens is 1. The van der Waals surface area contributed by atoms with Crippen molar-refractivity contribution >= 4 is 23.4 Å². The number of hydrogen-bond donors (Lipinski definition) is 2. The largest absolute Gasteiger partial charge is 0.273 e. The van der Waals surface area contributed by atoms with Crippen LogP contribution in [0.3, 0.4) is 0 Å². The number of benzene rings is 3. The van der Waals surface area contributed by atoms with Crippen molar-refractivity contribution in [3.05, 3.63) is 101 Å². The fraction of sp³-hybridized carbons (Fsp3) is 0.125. The zero-order chi connectivity index (χ0) is 23.0. The first-order valence-electron chi connectivity index (χ1n) is 10.3. The molecule has 2 amide bonds. The van der Waals surface area contributed by atoms with Crippen LogP contribution in [0.15, 0.2) is 78.9 Å². The van der Waals surface area contributed by atoms with Crippen LogP contribution in [0.1, 0.15) is 27.9 Å². The van der Waals surface area contributed by atoms with Crippen molar-refractivity contribution in [1.82, 2.24) is 31.1 Å². The molecule has 166 valence electrons. The van der Waals surface area contributed by atoms with Crippen molar-refractivity contribution in [1.29, 1.82) is 0 Å². The van der Waals surface area contributed by atoms with Gasteiger partial charge in [0.2, 0.25) is 11.7 Å². The molecule has 0 aliphatic rings. The summed E-state index contributed by atoms with van der Waals surface area (Å²) in [5.41, 5.74) is 8.05. The third-order valence-corrected chi connectivity index (χ3v) is 5.11. The molecule has 2 N–H and O–H groups in total. The van der Waals surface area contributed by atoms with Gasteiger partial charge < -0.3 is 0 Å². The molecule has 9 heteroatoms. The van der Waals surface area contributed by atoms with Crippen LogP contribution in [0.2, 0.25) is 5.02 Å². The van der Waals surface area contributed by atoms with E-state index in [2.05, 4.69) is 26.3 Å².